The Bertz CT molecular complexity index is 477. The number of fused-ring (bicyclic) bond motifs is 1. The summed E-state index contributed by atoms with van der Waals surface area (Å²) in [5, 5.41) is 22.0. The van der Waals surface area contributed by atoms with Crippen LogP contribution in [-0.4, -0.2) is 42.5 Å². The number of aliphatic carboxylic acids is 1. The Morgan fingerprint density at radius 2 is 2.05 bits per heavy atom. The Morgan fingerprint density at radius 1 is 1.35 bits per heavy atom. The van der Waals surface area contributed by atoms with Gasteiger partial charge in [0.05, 0.1) is 6.10 Å². The van der Waals surface area contributed by atoms with Gasteiger partial charge < -0.3 is 25.0 Å². The SMILES string of the molecule is CNC(CCC(=O)O)C(O)c1ccc2c(c1)OCCO2. The number of aliphatic hydroxyl groups is 1. The molecule has 0 saturated carbocycles. The molecule has 1 aliphatic rings. The van der Waals surface area contributed by atoms with Crippen molar-refractivity contribution in [3.05, 3.63) is 23.8 Å². The molecule has 0 aliphatic carbocycles. The van der Waals surface area contributed by atoms with Crippen LogP contribution in [0.1, 0.15) is 24.5 Å². The normalized spacial score (nSPS) is 16.5. The van der Waals surface area contributed by atoms with Gasteiger partial charge in [-0.05, 0) is 31.2 Å². The van der Waals surface area contributed by atoms with E-state index in [1.54, 1.807) is 25.2 Å². The lowest BCUT2D eigenvalue weighted by atomic mass is 9.98. The molecule has 3 N–H and O–H groups in total. The number of ether oxygens (including phenoxy) is 2. The van der Waals surface area contributed by atoms with Crippen molar-refractivity contribution in [2.45, 2.75) is 25.0 Å². The molecule has 110 valence electrons. The van der Waals surface area contributed by atoms with Gasteiger partial charge in [0.15, 0.2) is 11.5 Å². The summed E-state index contributed by atoms with van der Waals surface area (Å²) in [5.74, 6) is 0.402. The zero-order valence-corrected chi connectivity index (χ0v) is 11.3. The maximum absolute atomic E-state index is 10.6. The quantitative estimate of drug-likeness (QED) is 0.719. The first-order valence-electron chi connectivity index (χ1n) is 6.58. The maximum atomic E-state index is 10.6. The molecule has 1 aromatic rings. The highest BCUT2D eigenvalue weighted by Gasteiger charge is 2.22. The van der Waals surface area contributed by atoms with Crippen molar-refractivity contribution >= 4 is 5.97 Å². The van der Waals surface area contributed by atoms with Crippen LogP contribution in [0, 0.1) is 0 Å². The van der Waals surface area contributed by atoms with E-state index in [0.717, 1.165) is 0 Å². The predicted molar refractivity (Wildman–Crippen MR) is 72.1 cm³/mol. The zero-order chi connectivity index (χ0) is 14.5. The van der Waals surface area contributed by atoms with E-state index in [2.05, 4.69) is 5.32 Å². The molecule has 20 heavy (non-hydrogen) atoms. The fourth-order valence-corrected chi connectivity index (χ4v) is 2.22. The monoisotopic (exact) mass is 281 g/mol. The van der Waals surface area contributed by atoms with Gasteiger partial charge >= 0.3 is 5.97 Å². The molecule has 1 aromatic carbocycles. The minimum atomic E-state index is -0.875. The molecule has 2 rings (SSSR count). The summed E-state index contributed by atoms with van der Waals surface area (Å²) < 4.78 is 10.9. The van der Waals surface area contributed by atoms with Crippen LogP contribution in [-0.2, 0) is 4.79 Å². The molecule has 0 bridgehead atoms. The van der Waals surface area contributed by atoms with Crippen molar-refractivity contribution in [1.82, 2.24) is 5.32 Å². The highest BCUT2D eigenvalue weighted by molar-refractivity contribution is 5.66. The number of carboxylic acids is 1. The molecule has 6 nitrogen and oxygen atoms in total. The van der Waals surface area contributed by atoms with Gasteiger partial charge in [0.25, 0.3) is 0 Å². The van der Waals surface area contributed by atoms with Crippen LogP contribution < -0.4 is 14.8 Å². The Hall–Kier alpha value is -1.79. The number of carbonyl (C=O) groups is 1. The molecular weight excluding hydrogens is 262 g/mol. The van der Waals surface area contributed by atoms with Crippen LogP contribution in [0.4, 0.5) is 0 Å². The molecule has 0 saturated heterocycles. The van der Waals surface area contributed by atoms with Gasteiger partial charge in [0.1, 0.15) is 13.2 Å². The summed E-state index contributed by atoms with van der Waals surface area (Å²) in [6, 6.07) is 4.94. The van der Waals surface area contributed by atoms with E-state index in [4.69, 9.17) is 14.6 Å². The topological polar surface area (TPSA) is 88.0 Å². The lowest BCUT2D eigenvalue weighted by molar-refractivity contribution is -0.137. The largest absolute Gasteiger partial charge is 0.486 e. The van der Waals surface area contributed by atoms with E-state index in [-0.39, 0.29) is 12.5 Å². The molecule has 1 aliphatic heterocycles. The van der Waals surface area contributed by atoms with Crippen molar-refractivity contribution in [3.8, 4) is 11.5 Å². The van der Waals surface area contributed by atoms with E-state index < -0.39 is 12.1 Å². The minimum absolute atomic E-state index is 0.00706. The summed E-state index contributed by atoms with van der Waals surface area (Å²) in [5.41, 5.74) is 0.680. The molecule has 0 fully saturated rings. The average Bonchev–Trinajstić information content (AvgIpc) is 2.47. The summed E-state index contributed by atoms with van der Waals surface area (Å²) in [4.78, 5) is 10.6. The molecule has 0 spiro atoms. The smallest absolute Gasteiger partial charge is 0.303 e. The van der Waals surface area contributed by atoms with Crippen LogP contribution in [0.3, 0.4) is 0 Å². The van der Waals surface area contributed by atoms with Gasteiger partial charge in [-0.2, -0.15) is 0 Å². The number of likely N-dealkylation sites (N-methyl/N-ethyl adjacent to an activating group) is 1. The van der Waals surface area contributed by atoms with Gasteiger partial charge in [0, 0.05) is 12.5 Å². The van der Waals surface area contributed by atoms with Crippen molar-refractivity contribution in [3.63, 3.8) is 0 Å². The first-order valence-corrected chi connectivity index (χ1v) is 6.58. The van der Waals surface area contributed by atoms with Crippen molar-refractivity contribution in [1.29, 1.82) is 0 Å². The number of hydrogen-bond donors (Lipinski definition) is 3. The lowest BCUT2D eigenvalue weighted by Gasteiger charge is -2.24. The molecular formula is C14H19NO5. The van der Waals surface area contributed by atoms with Crippen LogP contribution in [0.25, 0.3) is 0 Å². The number of benzene rings is 1. The van der Waals surface area contributed by atoms with E-state index >= 15 is 0 Å². The van der Waals surface area contributed by atoms with E-state index in [9.17, 15) is 9.90 Å². The molecule has 2 atom stereocenters. The number of nitrogens with one attached hydrogen (secondary N) is 1. The Kier molecular flexibility index (Phi) is 4.81. The molecule has 0 radical (unpaired) electrons. The molecule has 0 amide bonds. The Balaban J connectivity index is 2.10. The molecule has 2 unspecified atom stereocenters. The number of hydrogen-bond acceptors (Lipinski definition) is 5. The zero-order valence-electron chi connectivity index (χ0n) is 11.3. The second-order valence-electron chi connectivity index (χ2n) is 4.68. The lowest BCUT2D eigenvalue weighted by Crippen LogP contribution is -2.32. The average molecular weight is 281 g/mol. The third-order valence-electron chi connectivity index (χ3n) is 3.33. The van der Waals surface area contributed by atoms with E-state index in [1.807, 2.05) is 0 Å². The summed E-state index contributed by atoms with van der Waals surface area (Å²) in [6.07, 6.45) is -0.440. The third-order valence-corrected chi connectivity index (χ3v) is 3.33. The summed E-state index contributed by atoms with van der Waals surface area (Å²) >= 11 is 0. The van der Waals surface area contributed by atoms with Crippen molar-refractivity contribution in [2.75, 3.05) is 20.3 Å². The second kappa shape index (κ2) is 6.58. The van der Waals surface area contributed by atoms with Gasteiger partial charge in [-0.1, -0.05) is 6.07 Å². The summed E-state index contributed by atoms with van der Waals surface area (Å²) in [7, 11) is 1.70. The fraction of sp³-hybridized carbons (Fsp3) is 0.500. The van der Waals surface area contributed by atoms with E-state index in [1.165, 1.54) is 0 Å². The van der Waals surface area contributed by atoms with Crippen LogP contribution in [0.2, 0.25) is 0 Å². The first-order chi connectivity index (χ1) is 9.61. The standard InChI is InChI=1S/C14H19NO5/c1-15-10(3-5-13(16)17)14(18)9-2-4-11-12(8-9)20-7-6-19-11/h2,4,8,10,14-15,18H,3,5-7H2,1H3,(H,16,17). The Morgan fingerprint density at radius 3 is 2.70 bits per heavy atom. The van der Waals surface area contributed by atoms with Crippen molar-refractivity contribution in [2.24, 2.45) is 0 Å². The van der Waals surface area contributed by atoms with Crippen LogP contribution in [0.5, 0.6) is 11.5 Å². The Labute approximate surface area is 117 Å². The maximum Gasteiger partial charge on any atom is 0.303 e. The highest BCUT2D eigenvalue weighted by Crippen LogP contribution is 2.33. The second-order valence-corrected chi connectivity index (χ2v) is 4.68. The van der Waals surface area contributed by atoms with Crippen molar-refractivity contribution < 1.29 is 24.5 Å². The fourth-order valence-electron chi connectivity index (χ4n) is 2.22. The summed E-state index contributed by atoms with van der Waals surface area (Å²) in [6.45, 7) is 1.01. The van der Waals surface area contributed by atoms with Gasteiger partial charge in [0.2, 0.25) is 0 Å². The highest BCUT2D eigenvalue weighted by atomic mass is 16.6. The van der Waals surface area contributed by atoms with Crippen LogP contribution >= 0.6 is 0 Å². The van der Waals surface area contributed by atoms with E-state index in [0.29, 0.717) is 36.7 Å². The van der Waals surface area contributed by atoms with Gasteiger partial charge in [-0.15, -0.1) is 0 Å². The van der Waals surface area contributed by atoms with Gasteiger partial charge in [-0.3, -0.25) is 4.79 Å². The minimum Gasteiger partial charge on any atom is -0.486 e. The molecule has 6 heteroatoms. The molecule has 0 aromatic heterocycles. The predicted octanol–water partition coefficient (Wildman–Crippen LogP) is 0.944. The number of aliphatic hydroxyl groups excluding tert-OH is 1. The van der Waals surface area contributed by atoms with Gasteiger partial charge in [-0.25, -0.2) is 0 Å². The first kappa shape index (κ1) is 14.6. The number of carboxylic acid groups (broad SMARTS) is 1. The van der Waals surface area contributed by atoms with Crippen LogP contribution in [0.15, 0.2) is 18.2 Å². The molecule has 1 heterocycles. The number of rotatable bonds is 6. The third kappa shape index (κ3) is 3.40.